The Morgan fingerprint density at radius 1 is 1.33 bits per heavy atom. The maximum absolute atomic E-state index is 13.0. The molecule has 2 aliphatic heterocycles. The molecule has 2 atom stereocenters. The zero-order chi connectivity index (χ0) is 24.2. The number of nitrogens with one attached hydrogen (secondary N) is 2. The maximum atomic E-state index is 13.0. The minimum atomic E-state index is -1.31. The van der Waals surface area contributed by atoms with Crippen molar-refractivity contribution in [2.24, 2.45) is 0 Å². The number of urea groups is 1. The summed E-state index contributed by atoms with van der Waals surface area (Å²) in [5.74, 6) is -0.564. The number of imide groups is 1. The van der Waals surface area contributed by atoms with Gasteiger partial charge in [-0.2, -0.15) is 0 Å². The molecular formula is C23H27Cl2N5O3. The minimum Gasteiger partial charge on any atom is -0.366 e. The SMILES string of the molecule is C=C(/C=C(Cl)\C=C(/C)Cl)N1CCN(C(=O)CCC2(c3cccnc3)NC(=O)NC2=O)CC1C. The molecule has 33 heavy (non-hydrogen) atoms. The van der Waals surface area contributed by atoms with Crippen molar-refractivity contribution in [3.63, 3.8) is 0 Å². The van der Waals surface area contributed by atoms with Crippen LogP contribution in [0.4, 0.5) is 4.79 Å². The molecule has 3 heterocycles. The summed E-state index contributed by atoms with van der Waals surface area (Å²) in [6.45, 7) is 9.46. The molecular weight excluding hydrogens is 465 g/mol. The van der Waals surface area contributed by atoms with E-state index in [9.17, 15) is 14.4 Å². The molecule has 8 nitrogen and oxygen atoms in total. The van der Waals surface area contributed by atoms with Crippen LogP contribution in [0.15, 0.2) is 59.0 Å². The predicted molar refractivity (Wildman–Crippen MR) is 127 cm³/mol. The van der Waals surface area contributed by atoms with E-state index in [0.29, 0.717) is 35.3 Å². The van der Waals surface area contributed by atoms with Crippen molar-refractivity contribution < 1.29 is 14.4 Å². The molecule has 3 rings (SSSR count). The number of amides is 4. The third-order valence-corrected chi connectivity index (χ3v) is 6.13. The van der Waals surface area contributed by atoms with E-state index in [1.807, 2.05) is 6.92 Å². The van der Waals surface area contributed by atoms with Crippen LogP contribution in [0.5, 0.6) is 0 Å². The zero-order valence-electron chi connectivity index (χ0n) is 18.6. The van der Waals surface area contributed by atoms with Crippen molar-refractivity contribution in [3.8, 4) is 0 Å². The summed E-state index contributed by atoms with van der Waals surface area (Å²) in [5.41, 5.74) is -0.0200. The average Bonchev–Trinajstić information content (AvgIpc) is 3.05. The number of hydrogen-bond acceptors (Lipinski definition) is 5. The van der Waals surface area contributed by atoms with E-state index < -0.39 is 17.5 Å². The largest absolute Gasteiger partial charge is 0.366 e. The molecule has 0 spiro atoms. The number of carbonyl (C=O) groups is 3. The molecule has 0 aliphatic carbocycles. The van der Waals surface area contributed by atoms with Gasteiger partial charge < -0.3 is 15.1 Å². The molecule has 1 aromatic heterocycles. The summed E-state index contributed by atoms with van der Waals surface area (Å²) in [4.78, 5) is 45.4. The third-order valence-electron chi connectivity index (χ3n) is 5.80. The Bertz CT molecular complexity index is 1010. The molecule has 10 heteroatoms. The molecule has 2 saturated heterocycles. The lowest BCUT2D eigenvalue weighted by Crippen LogP contribution is -2.53. The fourth-order valence-corrected chi connectivity index (χ4v) is 4.63. The Labute approximate surface area is 203 Å². The first-order chi connectivity index (χ1) is 15.6. The number of nitrogens with zero attached hydrogens (tertiary/aromatic N) is 3. The van der Waals surface area contributed by atoms with Gasteiger partial charge in [0.2, 0.25) is 5.91 Å². The highest BCUT2D eigenvalue weighted by Crippen LogP contribution is 2.30. The van der Waals surface area contributed by atoms with E-state index in [1.54, 1.807) is 42.3 Å². The van der Waals surface area contributed by atoms with E-state index in [-0.39, 0.29) is 24.8 Å². The van der Waals surface area contributed by atoms with Gasteiger partial charge in [-0.1, -0.05) is 35.8 Å². The van der Waals surface area contributed by atoms with Crippen molar-refractivity contribution >= 4 is 41.0 Å². The summed E-state index contributed by atoms with van der Waals surface area (Å²) in [7, 11) is 0. The van der Waals surface area contributed by atoms with Gasteiger partial charge in [-0.15, -0.1) is 0 Å². The number of piperazine rings is 1. The van der Waals surface area contributed by atoms with E-state index in [0.717, 1.165) is 5.70 Å². The fraction of sp³-hybridized carbons (Fsp3) is 0.391. The highest BCUT2D eigenvalue weighted by Gasteiger charge is 2.48. The summed E-state index contributed by atoms with van der Waals surface area (Å²) >= 11 is 12.1. The number of pyridine rings is 1. The average molecular weight is 492 g/mol. The van der Waals surface area contributed by atoms with Gasteiger partial charge in [0.15, 0.2) is 0 Å². The number of carbonyl (C=O) groups excluding carboxylic acids is 3. The van der Waals surface area contributed by atoms with Gasteiger partial charge in [-0.25, -0.2) is 4.79 Å². The lowest BCUT2D eigenvalue weighted by Gasteiger charge is -2.42. The van der Waals surface area contributed by atoms with E-state index in [1.165, 1.54) is 6.20 Å². The summed E-state index contributed by atoms with van der Waals surface area (Å²) in [6.07, 6.45) is 6.75. The molecule has 0 radical (unpaired) electrons. The lowest BCUT2D eigenvalue weighted by molar-refractivity contribution is -0.134. The van der Waals surface area contributed by atoms with Crippen molar-refractivity contribution in [2.45, 2.75) is 38.3 Å². The number of halogens is 2. The van der Waals surface area contributed by atoms with Gasteiger partial charge in [0.25, 0.3) is 5.91 Å². The highest BCUT2D eigenvalue weighted by molar-refractivity contribution is 6.34. The predicted octanol–water partition coefficient (Wildman–Crippen LogP) is 3.21. The smallest absolute Gasteiger partial charge is 0.322 e. The fourth-order valence-electron chi connectivity index (χ4n) is 4.17. The Balaban J connectivity index is 1.64. The molecule has 0 aromatic carbocycles. The van der Waals surface area contributed by atoms with Gasteiger partial charge in [-0.3, -0.25) is 19.9 Å². The van der Waals surface area contributed by atoms with Crippen molar-refractivity contribution in [1.29, 1.82) is 0 Å². The van der Waals surface area contributed by atoms with Gasteiger partial charge in [-0.05, 0) is 38.5 Å². The standard InChI is InChI=1S/C23H27Cl2N5O3/c1-15(24)11-19(25)12-16(2)30-10-9-29(14-17(30)3)20(31)6-7-23(18-5-4-8-26-13-18)21(32)27-22(33)28-23/h4-5,8,11-13,17H,2,6-7,9-10,14H2,1,3H3,(H2,27,28,32,33)/b15-11+,19-12+. The van der Waals surface area contributed by atoms with Crippen LogP contribution < -0.4 is 10.6 Å². The number of hydrogen-bond donors (Lipinski definition) is 2. The molecule has 2 unspecified atom stereocenters. The van der Waals surface area contributed by atoms with E-state index >= 15 is 0 Å². The van der Waals surface area contributed by atoms with Crippen molar-refractivity contribution in [3.05, 3.63) is 64.6 Å². The summed E-state index contributed by atoms with van der Waals surface area (Å²) < 4.78 is 0. The second kappa shape index (κ2) is 10.4. The molecule has 1 aromatic rings. The zero-order valence-corrected chi connectivity index (χ0v) is 20.1. The van der Waals surface area contributed by atoms with E-state index in [4.69, 9.17) is 23.2 Å². The third kappa shape index (κ3) is 5.75. The van der Waals surface area contributed by atoms with Crippen LogP contribution >= 0.6 is 23.2 Å². The first-order valence-corrected chi connectivity index (χ1v) is 11.4. The maximum Gasteiger partial charge on any atom is 0.322 e. The second-order valence-electron chi connectivity index (χ2n) is 8.19. The van der Waals surface area contributed by atoms with Crippen LogP contribution in [0.1, 0.15) is 32.3 Å². The Morgan fingerprint density at radius 2 is 2.09 bits per heavy atom. The van der Waals surface area contributed by atoms with Crippen molar-refractivity contribution in [1.82, 2.24) is 25.4 Å². The molecule has 2 N–H and O–H groups in total. The molecule has 2 fully saturated rings. The van der Waals surface area contributed by atoms with Gasteiger partial charge in [0, 0.05) is 65.8 Å². The molecule has 4 amide bonds. The van der Waals surface area contributed by atoms with Crippen LogP contribution in [0.3, 0.4) is 0 Å². The minimum absolute atomic E-state index is 0.0266. The van der Waals surface area contributed by atoms with Crippen LogP contribution in [-0.2, 0) is 15.1 Å². The first-order valence-electron chi connectivity index (χ1n) is 10.6. The van der Waals surface area contributed by atoms with Crippen LogP contribution in [-0.4, -0.2) is 58.3 Å². The first kappa shape index (κ1) is 24.8. The summed E-state index contributed by atoms with van der Waals surface area (Å²) in [6, 6.07) is 2.85. The van der Waals surface area contributed by atoms with E-state index in [2.05, 4.69) is 27.1 Å². The highest BCUT2D eigenvalue weighted by atomic mass is 35.5. The molecule has 2 aliphatic rings. The van der Waals surface area contributed by atoms with Crippen LogP contribution in [0.25, 0.3) is 0 Å². The quantitative estimate of drug-likeness (QED) is 0.451. The molecule has 0 bridgehead atoms. The topological polar surface area (TPSA) is 94.6 Å². The number of aromatic nitrogens is 1. The Hall–Kier alpha value is -2.84. The molecule has 0 saturated carbocycles. The number of allylic oxidation sites excluding steroid dienone is 4. The number of rotatable bonds is 7. The summed E-state index contributed by atoms with van der Waals surface area (Å²) in [5, 5.41) is 6.02. The second-order valence-corrected chi connectivity index (χ2v) is 9.22. The monoisotopic (exact) mass is 491 g/mol. The normalized spacial score (nSPS) is 23.9. The Morgan fingerprint density at radius 3 is 2.67 bits per heavy atom. The van der Waals surface area contributed by atoms with Crippen molar-refractivity contribution in [2.75, 3.05) is 19.6 Å². The lowest BCUT2D eigenvalue weighted by atomic mass is 9.86. The van der Waals surface area contributed by atoms with Gasteiger partial charge in [0.1, 0.15) is 5.54 Å². The van der Waals surface area contributed by atoms with Gasteiger partial charge in [0.05, 0.1) is 0 Å². The Kier molecular flexibility index (Phi) is 7.81. The van der Waals surface area contributed by atoms with Gasteiger partial charge >= 0.3 is 6.03 Å². The molecule has 176 valence electrons. The van der Waals surface area contributed by atoms with Crippen LogP contribution in [0.2, 0.25) is 0 Å². The van der Waals surface area contributed by atoms with Crippen LogP contribution in [0, 0.1) is 0 Å².